The SMILES string of the molecule is NC(=O)OCCc1ccc(Cl)cc1Cl. The molecule has 0 heterocycles. The molecule has 3 nitrogen and oxygen atoms in total. The second kappa shape index (κ2) is 5.08. The van der Waals surface area contributed by atoms with Crippen LogP contribution in [0, 0.1) is 0 Å². The third-order valence-electron chi connectivity index (χ3n) is 1.63. The normalized spacial score (nSPS) is 9.86. The first-order valence-electron chi connectivity index (χ1n) is 3.96. The van der Waals surface area contributed by atoms with Gasteiger partial charge in [-0.25, -0.2) is 4.79 Å². The van der Waals surface area contributed by atoms with Crippen LogP contribution in [-0.2, 0) is 11.2 Å². The molecule has 0 bridgehead atoms. The number of ether oxygens (including phenoxy) is 1. The Balaban J connectivity index is 2.55. The van der Waals surface area contributed by atoms with Crippen LogP contribution in [0.25, 0.3) is 0 Å². The van der Waals surface area contributed by atoms with Gasteiger partial charge in [0.05, 0.1) is 6.61 Å². The first kappa shape index (κ1) is 11.1. The van der Waals surface area contributed by atoms with Crippen LogP contribution in [0.15, 0.2) is 18.2 Å². The van der Waals surface area contributed by atoms with E-state index in [0.29, 0.717) is 16.5 Å². The summed E-state index contributed by atoms with van der Waals surface area (Å²) in [5.74, 6) is 0. The van der Waals surface area contributed by atoms with Crippen molar-refractivity contribution >= 4 is 29.3 Å². The smallest absolute Gasteiger partial charge is 0.404 e. The van der Waals surface area contributed by atoms with Gasteiger partial charge in [0.15, 0.2) is 0 Å². The largest absolute Gasteiger partial charge is 0.449 e. The van der Waals surface area contributed by atoms with Gasteiger partial charge in [0.25, 0.3) is 0 Å². The number of rotatable bonds is 3. The van der Waals surface area contributed by atoms with Crippen LogP contribution in [-0.4, -0.2) is 12.7 Å². The van der Waals surface area contributed by atoms with Crippen LogP contribution in [0.2, 0.25) is 10.0 Å². The fraction of sp³-hybridized carbons (Fsp3) is 0.222. The van der Waals surface area contributed by atoms with Crippen LogP contribution in [0.3, 0.4) is 0 Å². The molecular weight excluding hydrogens is 225 g/mol. The predicted molar refractivity (Wildman–Crippen MR) is 55.7 cm³/mol. The lowest BCUT2D eigenvalue weighted by Crippen LogP contribution is -2.14. The number of primary amides is 1. The zero-order valence-corrected chi connectivity index (χ0v) is 8.81. The molecule has 0 spiro atoms. The van der Waals surface area contributed by atoms with E-state index in [0.717, 1.165) is 5.56 Å². The molecule has 1 aromatic rings. The number of benzene rings is 1. The molecule has 0 aliphatic carbocycles. The average Bonchev–Trinajstić information content (AvgIpc) is 2.08. The lowest BCUT2D eigenvalue weighted by atomic mass is 10.2. The Morgan fingerprint density at radius 1 is 1.43 bits per heavy atom. The van der Waals surface area contributed by atoms with Gasteiger partial charge in [0.1, 0.15) is 0 Å². The molecule has 0 aliphatic rings. The minimum atomic E-state index is -0.782. The van der Waals surface area contributed by atoms with Gasteiger partial charge in [-0.2, -0.15) is 0 Å². The van der Waals surface area contributed by atoms with E-state index in [4.69, 9.17) is 28.9 Å². The van der Waals surface area contributed by atoms with Crippen molar-refractivity contribution in [2.75, 3.05) is 6.61 Å². The van der Waals surface area contributed by atoms with Crippen molar-refractivity contribution in [3.8, 4) is 0 Å². The average molecular weight is 234 g/mol. The molecule has 0 saturated carbocycles. The van der Waals surface area contributed by atoms with E-state index in [9.17, 15) is 4.79 Å². The van der Waals surface area contributed by atoms with Crippen LogP contribution < -0.4 is 5.73 Å². The summed E-state index contributed by atoms with van der Waals surface area (Å²) in [5, 5.41) is 1.14. The Morgan fingerprint density at radius 2 is 2.14 bits per heavy atom. The second-order valence-electron chi connectivity index (χ2n) is 2.65. The molecule has 1 aromatic carbocycles. The highest BCUT2D eigenvalue weighted by molar-refractivity contribution is 6.35. The monoisotopic (exact) mass is 233 g/mol. The molecule has 76 valence electrons. The number of hydrogen-bond donors (Lipinski definition) is 1. The van der Waals surface area contributed by atoms with Crippen LogP contribution in [0.4, 0.5) is 4.79 Å². The molecule has 0 saturated heterocycles. The Labute approximate surface area is 91.7 Å². The van der Waals surface area contributed by atoms with Crippen molar-refractivity contribution < 1.29 is 9.53 Å². The first-order chi connectivity index (χ1) is 6.59. The molecular formula is C9H9Cl2NO2. The van der Waals surface area contributed by atoms with Crippen molar-refractivity contribution in [2.24, 2.45) is 5.73 Å². The van der Waals surface area contributed by atoms with E-state index in [2.05, 4.69) is 4.74 Å². The molecule has 0 unspecified atom stereocenters. The molecule has 2 N–H and O–H groups in total. The summed E-state index contributed by atoms with van der Waals surface area (Å²) < 4.78 is 4.58. The van der Waals surface area contributed by atoms with Gasteiger partial charge in [-0.05, 0) is 17.7 Å². The molecule has 0 aromatic heterocycles. The van der Waals surface area contributed by atoms with E-state index in [-0.39, 0.29) is 6.61 Å². The topological polar surface area (TPSA) is 52.3 Å². The number of halogens is 2. The predicted octanol–water partition coefficient (Wildman–Crippen LogP) is 2.63. The Kier molecular flexibility index (Phi) is 4.04. The number of amides is 1. The van der Waals surface area contributed by atoms with Crippen molar-refractivity contribution in [2.45, 2.75) is 6.42 Å². The Hall–Kier alpha value is -0.930. The Bertz CT molecular complexity index is 342. The van der Waals surface area contributed by atoms with E-state index in [1.54, 1.807) is 18.2 Å². The number of carbonyl (C=O) groups excluding carboxylic acids is 1. The van der Waals surface area contributed by atoms with Gasteiger partial charge < -0.3 is 10.5 Å². The van der Waals surface area contributed by atoms with Crippen LogP contribution in [0.5, 0.6) is 0 Å². The third-order valence-corrected chi connectivity index (χ3v) is 2.22. The van der Waals surface area contributed by atoms with E-state index in [1.807, 2.05) is 0 Å². The number of nitrogens with two attached hydrogens (primary N) is 1. The van der Waals surface area contributed by atoms with E-state index < -0.39 is 6.09 Å². The number of hydrogen-bond acceptors (Lipinski definition) is 2. The molecule has 14 heavy (non-hydrogen) atoms. The van der Waals surface area contributed by atoms with Crippen LogP contribution in [0.1, 0.15) is 5.56 Å². The summed E-state index contributed by atoms with van der Waals surface area (Å²) in [5.41, 5.74) is 5.68. The summed E-state index contributed by atoms with van der Waals surface area (Å²) in [6.45, 7) is 0.219. The first-order valence-corrected chi connectivity index (χ1v) is 4.71. The second-order valence-corrected chi connectivity index (χ2v) is 3.50. The van der Waals surface area contributed by atoms with Gasteiger partial charge in [0.2, 0.25) is 0 Å². The van der Waals surface area contributed by atoms with Crippen molar-refractivity contribution in [1.82, 2.24) is 0 Å². The fourth-order valence-corrected chi connectivity index (χ4v) is 1.49. The molecule has 5 heteroatoms. The summed E-state index contributed by atoms with van der Waals surface area (Å²) in [6.07, 6.45) is -0.256. The molecule has 0 aliphatic heterocycles. The quantitative estimate of drug-likeness (QED) is 0.873. The van der Waals surface area contributed by atoms with E-state index in [1.165, 1.54) is 0 Å². The minimum Gasteiger partial charge on any atom is -0.449 e. The summed E-state index contributed by atoms with van der Waals surface area (Å²) in [4.78, 5) is 10.3. The zero-order valence-electron chi connectivity index (χ0n) is 7.30. The summed E-state index contributed by atoms with van der Waals surface area (Å²) in [6, 6.07) is 5.16. The number of carbonyl (C=O) groups is 1. The third kappa shape index (κ3) is 3.44. The highest BCUT2D eigenvalue weighted by Gasteiger charge is 2.02. The summed E-state index contributed by atoms with van der Waals surface area (Å²) >= 11 is 11.6. The highest BCUT2D eigenvalue weighted by Crippen LogP contribution is 2.21. The van der Waals surface area contributed by atoms with Crippen molar-refractivity contribution in [3.63, 3.8) is 0 Å². The lowest BCUT2D eigenvalue weighted by Gasteiger charge is -2.04. The van der Waals surface area contributed by atoms with Gasteiger partial charge in [0, 0.05) is 16.5 Å². The maximum Gasteiger partial charge on any atom is 0.404 e. The Morgan fingerprint density at radius 3 is 2.71 bits per heavy atom. The van der Waals surface area contributed by atoms with Crippen molar-refractivity contribution in [1.29, 1.82) is 0 Å². The zero-order chi connectivity index (χ0) is 10.6. The minimum absolute atomic E-state index is 0.219. The van der Waals surface area contributed by atoms with Gasteiger partial charge in [-0.1, -0.05) is 29.3 Å². The maximum atomic E-state index is 10.3. The maximum absolute atomic E-state index is 10.3. The van der Waals surface area contributed by atoms with Gasteiger partial charge in [-0.3, -0.25) is 0 Å². The van der Waals surface area contributed by atoms with Gasteiger partial charge in [-0.15, -0.1) is 0 Å². The van der Waals surface area contributed by atoms with Gasteiger partial charge >= 0.3 is 6.09 Å². The van der Waals surface area contributed by atoms with Crippen molar-refractivity contribution in [3.05, 3.63) is 33.8 Å². The summed E-state index contributed by atoms with van der Waals surface area (Å²) in [7, 11) is 0. The molecule has 0 atom stereocenters. The molecule has 0 fully saturated rings. The lowest BCUT2D eigenvalue weighted by molar-refractivity contribution is 0.158. The van der Waals surface area contributed by atoms with E-state index >= 15 is 0 Å². The standard InChI is InChI=1S/C9H9Cl2NO2/c10-7-2-1-6(8(11)5-7)3-4-14-9(12)13/h1-2,5H,3-4H2,(H2,12,13). The highest BCUT2D eigenvalue weighted by atomic mass is 35.5. The van der Waals surface area contributed by atoms with Crippen LogP contribution >= 0.6 is 23.2 Å². The fourth-order valence-electron chi connectivity index (χ4n) is 0.986. The molecule has 1 rings (SSSR count). The molecule has 0 radical (unpaired) electrons. The molecule has 1 amide bonds.